The molecular formula is C12H19ClN2O2. The summed E-state index contributed by atoms with van der Waals surface area (Å²) < 4.78 is 5.08. The van der Waals surface area contributed by atoms with Gasteiger partial charge in [-0.25, -0.2) is 0 Å². The molecule has 0 saturated heterocycles. The zero-order chi connectivity index (χ0) is 13.2. The maximum absolute atomic E-state index is 12.0. The molecule has 0 aliphatic rings. The van der Waals surface area contributed by atoms with E-state index in [9.17, 15) is 4.79 Å². The van der Waals surface area contributed by atoms with Crippen LogP contribution in [0, 0.1) is 19.3 Å². The van der Waals surface area contributed by atoms with Gasteiger partial charge in [0.05, 0.1) is 17.2 Å². The molecule has 17 heavy (non-hydrogen) atoms. The Bertz CT molecular complexity index is 393. The van der Waals surface area contributed by atoms with Crippen molar-refractivity contribution in [3.05, 3.63) is 17.0 Å². The number of hydrogen-bond acceptors (Lipinski definition) is 3. The molecule has 1 aromatic heterocycles. The van der Waals surface area contributed by atoms with Crippen molar-refractivity contribution in [2.75, 3.05) is 5.88 Å². The normalized spacial score (nSPS) is 13.5. The molecule has 0 aromatic carbocycles. The molecule has 0 fully saturated rings. The maximum atomic E-state index is 12.0. The first-order chi connectivity index (χ1) is 7.79. The quantitative estimate of drug-likeness (QED) is 0.845. The van der Waals surface area contributed by atoms with Crippen LogP contribution in [0.15, 0.2) is 4.52 Å². The van der Waals surface area contributed by atoms with Gasteiger partial charge in [0.25, 0.3) is 0 Å². The van der Waals surface area contributed by atoms with E-state index in [1.807, 2.05) is 34.6 Å². The molecule has 1 amide bonds. The van der Waals surface area contributed by atoms with Crippen molar-refractivity contribution in [3.8, 4) is 0 Å². The van der Waals surface area contributed by atoms with Gasteiger partial charge in [-0.05, 0) is 34.6 Å². The molecule has 0 aliphatic carbocycles. The summed E-state index contributed by atoms with van der Waals surface area (Å²) in [5, 5.41) is 6.81. The lowest BCUT2D eigenvalue weighted by molar-refractivity contribution is -0.129. The number of hydrogen-bond donors (Lipinski definition) is 1. The van der Waals surface area contributed by atoms with Crippen molar-refractivity contribution < 1.29 is 9.32 Å². The summed E-state index contributed by atoms with van der Waals surface area (Å²) in [6, 6.07) is -0.128. The zero-order valence-electron chi connectivity index (χ0n) is 10.9. The topological polar surface area (TPSA) is 55.1 Å². The third kappa shape index (κ3) is 3.00. The Labute approximate surface area is 107 Å². The van der Waals surface area contributed by atoms with Crippen molar-refractivity contribution in [1.82, 2.24) is 10.5 Å². The summed E-state index contributed by atoms with van der Waals surface area (Å²) >= 11 is 5.77. The van der Waals surface area contributed by atoms with E-state index in [1.54, 1.807) is 0 Å². The predicted octanol–water partition coefficient (Wildman–Crippen LogP) is 2.73. The van der Waals surface area contributed by atoms with Gasteiger partial charge in [-0.3, -0.25) is 4.79 Å². The highest BCUT2D eigenvalue weighted by Crippen LogP contribution is 2.23. The lowest BCUT2D eigenvalue weighted by Crippen LogP contribution is -2.39. The highest BCUT2D eigenvalue weighted by atomic mass is 35.5. The molecule has 1 N–H and O–H groups in total. The number of nitrogens with zero attached hydrogens (tertiary/aromatic N) is 1. The second kappa shape index (κ2) is 5.08. The first kappa shape index (κ1) is 14.0. The van der Waals surface area contributed by atoms with Crippen LogP contribution in [0.2, 0.25) is 0 Å². The van der Waals surface area contributed by atoms with Gasteiger partial charge in [0.1, 0.15) is 5.76 Å². The lowest BCUT2D eigenvalue weighted by Gasteiger charge is -2.23. The third-order valence-corrected chi connectivity index (χ3v) is 3.49. The van der Waals surface area contributed by atoms with Gasteiger partial charge < -0.3 is 9.84 Å². The summed E-state index contributed by atoms with van der Waals surface area (Å²) in [6.07, 6.45) is 0. The monoisotopic (exact) mass is 258 g/mol. The van der Waals surface area contributed by atoms with Crippen LogP contribution in [0.1, 0.15) is 43.8 Å². The highest BCUT2D eigenvalue weighted by Gasteiger charge is 2.29. The first-order valence-corrected chi connectivity index (χ1v) is 6.12. The van der Waals surface area contributed by atoms with Crippen LogP contribution in [0.3, 0.4) is 0 Å². The molecule has 0 spiro atoms. The van der Waals surface area contributed by atoms with Crippen LogP contribution in [-0.4, -0.2) is 16.9 Å². The molecule has 0 saturated carbocycles. The molecule has 1 aromatic rings. The number of nitrogens with one attached hydrogen (secondary N) is 1. The van der Waals surface area contributed by atoms with Crippen LogP contribution in [0.4, 0.5) is 0 Å². The Morgan fingerprint density at radius 3 is 2.53 bits per heavy atom. The standard InChI is InChI=1S/C12H19ClN2O2/c1-7(10-8(2)15-17-9(10)3)14-11(16)12(4,5)6-13/h7H,6H2,1-5H3,(H,14,16). The second-order valence-electron chi connectivity index (χ2n) is 4.95. The largest absolute Gasteiger partial charge is 0.361 e. The Kier molecular flexibility index (Phi) is 4.20. The fourth-order valence-electron chi connectivity index (χ4n) is 1.63. The molecule has 0 aliphatic heterocycles. The summed E-state index contributed by atoms with van der Waals surface area (Å²) in [5.41, 5.74) is 1.16. The van der Waals surface area contributed by atoms with Gasteiger partial charge in [-0.2, -0.15) is 0 Å². The summed E-state index contributed by atoms with van der Waals surface area (Å²) in [5.74, 6) is 0.951. The van der Waals surface area contributed by atoms with Crippen LogP contribution in [-0.2, 0) is 4.79 Å². The minimum absolute atomic E-state index is 0.0694. The van der Waals surface area contributed by atoms with E-state index in [2.05, 4.69) is 10.5 Å². The SMILES string of the molecule is Cc1noc(C)c1C(C)NC(=O)C(C)(C)CCl. The fraction of sp³-hybridized carbons (Fsp3) is 0.667. The molecule has 1 unspecified atom stereocenters. The Balaban J connectivity index is 2.80. The Morgan fingerprint density at radius 2 is 2.12 bits per heavy atom. The predicted molar refractivity (Wildman–Crippen MR) is 67.0 cm³/mol. The maximum Gasteiger partial charge on any atom is 0.227 e. The van der Waals surface area contributed by atoms with Crippen LogP contribution >= 0.6 is 11.6 Å². The fourth-order valence-corrected chi connectivity index (χ4v) is 1.75. The Morgan fingerprint density at radius 1 is 1.53 bits per heavy atom. The number of rotatable bonds is 4. The number of halogens is 1. The van der Waals surface area contributed by atoms with E-state index in [1.165, 1.54) is 0 Å². The molecule has 96 valence electrons. The molecule has 1 atom stereocenters. The average Bonchev–Trinajstić information content (AvgIpc) is 2.58. The minimum atomic E-state index is -0.575. The number of carbonyl (C=O) groups excluding carboxylic acids is 1. The van der Waals surface area contributed by atoms with Crippen LogP contribution < -0.4 is 5.32 Å². The van der Waals surface area contributed by atoms with E-state index < -0.39 is 5.41 Å². The highest BCUT2D eigenvalue weighted by molar-refractivity contribution is 6.19. The third-order valence-electron chi connectivity index (χ3n) is 2.82. The van der Waals surface area contributed by atoms with Crippen molar-refractivity contribution in [1.29, 1.82) is 0 Å². The van der Waals surface area contributed by atoms with Crippen LogP contribution in [0.25, 0.3) is 0 Å². The van der Waals surface area contributed by atoms with Gasteiger partial charge in [0.2, 0.25) is 5.91 Å². The summed E-state index contributed by atoms with van der Waals surface area (Å²) in [4.78, 5) is 12.0. The van der Waals surface area contributed by atoms with Gasteiger partial charge >= 0.3 is 0 Å². The smallest absolute Gasteiger partial charge is 0.227 e. The van der Waals surface area contributed by atoms with E-state index in [-0.39, 0.29) is 17.8 Å². The molecular weight excluding hydrogens is 240 g/mol. The number of aromatic nitrogens is 1. The van der Waals surface area contributed by atoms with Crippen molar-refractivity contribution in [2.45, 2.75) is 40.7 Å². The molecule has 0 bridgehead atoms. The molecule has 0 radical (unpaired) electrons. The Hall–Kier alpha value is -1.03. The molecule has 1 rings (SSSR count). The van der Waals surface area contributed by atoms with Crippen molar-refractivity contribution in [2.24, 2.45) is 5.41 Å². The van der Waals surface area contributed by atoms with Crippen molar-refractivity contribution >= 4 is 17.5 Å². The van der Waals surface area contributed by atoms with Crippen molar-refractivity contribution in [3.63, 3.8) is 0 Å². The van der Waals surface area contributed by atoms with E-state index >= 15 is 0 Å². The number of carbonyl (C=O) groups is 1. The molecule has 1 heterocycles. The second-order valence-corrected chi connectivity index (χ2v) is 5.22. The lowest BCUT2D eigenvalue weighted by atomic mass is 9.94. The summed E-state index contributed by atoms with van der Waals surface area (Å²) in [7, 11) is 0. The van der Waals surface area contributed by atoms with Gasteiger partial charge in [-0.1, -0.05) is 5.16 Å². The van der Waals surface area contributed by atoms with E-state index in [4.69, 9.17) is 16.1 Å². The van der Waals surface area contributed by atoms with E-state index in [0.717, 1.165) is 17.0 Å². The van der Waals surface area contributed by atoms with Crippen LogP contribution in [0.5, 0.6) is 0 Å². The first-order valence-electron chi connectivity index (χ1n) is 5.59. The number of amides is 1. The van der Waals surface area contributed by atoms with E-state index in [0.29, 0.717) is 0 Å². The van der Waals surface area contributed by atoms with Gasteiger partial charge in [0, 0.05) is 11.4 Å². The zero-order valence-corrected chi connectivity index (χ0v) is 11.7. The molecule has 5 heteroatoms. The average molecular weight is 259 g/mol. The summed E-state index contributed by atoms with van der Waals surface area (Å²) in [6.45, 7) is 9.24. The van der Waals surface area contributed by atoms with Gasteiger partial charge in [0.15, 0.2) is 0 Å². The minimum Gasteiger partial charge on any atom is -0.361 e. The molecule has 4 nitrogen and oxygen atoms in total. The van der Waals surface area contributed by atoms with Gasteiger partial charge in [-0.15, -0.1) is 11.6 Å². The number of alkyl halides is 1. The number of aryl methyl sites for hydroxylation is 2.